The second-order valence-corrected chi connectivity index (χ2v) is 6.46. The van der Waals surface area contributed by atoms with Crippen molar-refractivity contribution in [1.82, 2.24) is 5.32 Å². The number of phenolic OH excluding ortho intramolecular Hbond substituents is 1. The number of azo groups is 1. The number of anilines is 1. The molecule has 0 aliphatic heterocycles. The zero-order valence-electron chi connectivity index (χ0n) is 18.7. The molecule has 4 N–H and O–H groups in total. The monoisotopic (exact) mass is 394 g/mol. The molecule has 3 aromatic rings. The zero-order valence-corrected chi connectivity index (χ0v) is 18.7. The maximum Gasteiger partial charge on any atom is 0.129 e. The summed E-state index contributed by atoms with van der Waals surface area (Å²) in [5.74, 6) is 0.249. The topological polar surface area (TPSA) is 83.0 Å². The van der Waals surface area contributed by atoms with Gasteiger partial charge in [-0.05, 0) is 68.6 Å². The minimum absolute atomic E-state index is 0.249. The lowest BCUT2D eigenvalue weighted by atomic mass is 9.97. The minimum atomic E-state index is 0.249. The SMILES string of the molecule is CC.CCc1c(C)cc2ccc(N)c(N=Nc3ccccc3C)c2c1O.CNC. The molecule has 5 heteroatoms. The van der Waals surface area contributed by atoms with Gasteiger partial charge in [-0.15, -0.1) is 5.11 Å². The highest BCUT2D eigenvalue weighted by Gasteiger charge is 2.14. The molecule has 0 heterocycles. The van der Waals surface area contributed by atoms with Gasteiger partial charge in [-0.3, -0.25) is 0 Å². The van der Waals surface area contributed by atoms with E-state index in [-0.39, 0.29) is 5.75 Å². The van der Waals surface area contributed by atoms with E-state index in [1.807, 2.05) is 79.0 Å². The molecule has 0 atom stereocenters. The summed E-state index contributed by atoms with van der Waals surface area (Å²) < 4.78 is 0. The lowest BCUT2D eigenvalue weighted by Gasteiger charge is -2.13. The third kappa shape index (κ3) is 5.78. The Hall–Kier alpha value is -2.92. The van der Waals surface area contributed by atoms with Gasteiger partial charge >= 0.3 is 0 Å². The van der Waals surface area contributed by atoms with Crippen molar-refractivity contribution in [3.05, 3.63) is 59.2 Å². The third-order valence-corrected chi connectivity index (χ3v) is 4.34. The van der Waals surface area contributed by atoms with E-state index in [0.717, 1.165) is 34.2 Å². The maximum absolute atomic E-state index is 10.7. The maximum atomic E-state index is 10.7. The van der Waals surface area contributed by atoms with E-state index in [1.165, 1.54) is 0 Å². The lowest BCUT2D eigenvalue weighted by Crippen LogP contribution is -1.92. The molecule has 5 nitrogen and oxygen atoms in total. The first-order valence-corrected chi connectivity index (χ1v) is 10.0. The van der Waals surface area contributed by atoms with Gasteiger partial charge in [0.05, 0.1) is 16.8 Å². The Morgan fingerprint density at radius 3 is 2.17 bits per heavy atom. The van der Waals surface area contributed by atoms with Crippen molar-refractivity contribution in [3.8, 4) is 5.75 Å². The van der Waals surface area contributed by atoms with Crippen molar-refractivity contribution >= 4 is 27.8 Å². The zero-order chi connectivity index (χ0) is 22.0. The first-order chi connectivity index (χ1) is 13.9. The van der Waals surface area contributed by atoms with E-state index in [1.54, 1.807) is 6.07 Å². The van der Waals surface area contributed by atoms with Crippen LogP contribution < -0.4 is 11.1 Å². The summed E-state index contributed by atoms with van der Waals surface area (Å²) in [5, 5.41) is 23.8. The fraction of sp³-hybridized carbons (Fsp3) is 0.333. The predicted molar refractivity (Wildman–Crippen MR) is 126 cm³/mol. The number of nitrogens with one attached hydrogen (secondary N) is 1. The molecule has 0 aliphatic carbocycles. The van der Waals surface area contributed by atoms with Crippen LogP contribution in [-0.2, 0) is 6.42 Å². The summed E-state index contributed by atoms with van der Waals surface area (Å²) in [4.78, 5) is 0. The van der Waals surface area contributed by atoms with Crippen LogP contribution in [0.15, 0.2) is 52.7 Å². The molecule has 0 unspecified atom stereocenters. The number of nitrogens with two attached hydrogens (primary N) is 1. The molecule has 0 fully saturated rings. The van der Waals surface area contributed by atoms with E-state index in [2.05, 4.69) is 21.6 Å². The normalized spacial score (nSPS) is 10.3. The Morgan fingerprint density at radius 1 is 0.966 bits per heavy atom. The van der Waals surface area contributed by atoms with Gasteiger partial charge in [0.15, 0.2) is 0 Å². The Kier molecular flexibility index (Phi) is 9.83. The van der Waals surface area contributed by atoms with Gasteiger partial charge in [-0.2, -0.15) is 5.11 Å². The number of hydrogen-bond donors (Lipinski definition) is 3. The Bertz CT molecular complexity index is 965. The van der Waals surface area contributed by atoms with Gasteiger partial charge in [0.25, 0.3) is 0 Å². The summed E-state index contributed by atoms with van der Waals surface area (Å²) in [6, 6.07) is 13.5. The van der Waals surface area contributed by atoms with Crippen molar-refractivity contribution in [2.24, 2.45) is 10.2 Å². The van der Waals surface area contributed by atoms with E-state index in [9.17, 15) is 5.11 Å². The van der Waals surface area contributed by atoms with Crippen LogP contribution in [0.1, 0.15) is 37.5 Å². The summed E-state index contributed by atoms with van der Waals surface area (Å²) in [7, 11) is 3.75. The molecule has 0 bridgehead atoms. The molecule has 0 saturated heterocycles. The molecule has 0 radical (unpaired) electrons. The van der Waals surface area contributed by atoms with Crippen LogP contribution in [-0.4, -0.2) is 19.2 Å². The standard InChI is InChI=1S/C20H21N3O.C2H7N.C2H6/c1-4-15-13(3)11-14-9-10-16(21)19(18(14)20(15)24)23-22-17-8-6-5-7-12(17)2;1-3-2;1-2/h5-11,24H,4,21H2,1-3H3;3H,1-2H3;1-2H3. The second-order valence-electron chi connectivity index (χ2n) is 6.46. The highest BCUT2D eigenvalue weighted by atomic mass is 16.3. The van der Waals surface area contributed by atoms with Crippen molar-refractivity contribution in [2.75, 3.05) is 19.8 Å². The summed E-state index contributed by atoms with van der Waals surface area (Å²) in [6.45, 7) is 10.0. The lowest BCUT2D eigenvalue weighted by molar-refractivity contribution is 0.475. The minimum Gasteiger partial charge on any atom is -0.507 e. The molecule has 156 valence electrons. The van der Waals surface area contributed by atoms with Crippen LogP contribution in [0.5, 0.6) is 5.75 Å². The summed E-state index contributed by atoms with van der Waals surface area (Å²) in [6.07, 6.45) is 0.747. The van der Waals surface area contributed by atoms with Gasteiger partial charge in [0.2, 0.25) is 0 Å². The van der Waals surface area contributed by atoms with Gasteiger partial charge in [-0.25, -0.2) is 0 Å². The number of fused-ring (bicyclic) bond motifs is 1. The Balaban J connectivity index is 0.000000771. The quantitative estimate of drug-likeness (QED) is 0.346. The van der Waals surface area contributed by atoms with Crippen molar-refractivity contribution in [1.29, 1.82) is 0 Å². The van der Waals surface area contributed by atoms with Crippen LogP contribution >= 0.6 is 0 Å². The molecule has 3 aromatic carbocycles. The van der Waals surface area contributed by atoms with Crippen LogP contribution in [0, 0.1) is 13.8 Å². The number of aryl methyl sites for hydroxylation is 2. The van der Waals surface area contributed by atoms with Crippen LogP contribution in [0.4, 0.5) is 17.1 Å². The molecule has 0 aromatic heterocycles. The molecular weight excluding hydrogens is 360 g/mol. The molecular formula is C24H34N4O. The molecule has 0 amide bonds. The average Bonchev–Trinajstić information content (AvgIpc) is 2.71. The highest BCUT2D eigenvalue weighted by Crippen LogP contribution is 2.42. The van der Waals surface area contributed by atoms with Gasteiger partial charge in [0, 0.05) is 0 Å². The Labute approximate surface area is 174 Å². The van der Waals surface area contributed by atoms with Gasteiger partial charge in [-0.1, -0.05) is 51.1 Å². The summed E-state index contributed by atoms with van der Waals surface area (Å²) >= 11 is 0. The van der Waals surface area contributed by atoms with Crippen molar-refractivity contribution < 1.29 is 5.11 Å². The highest BCUT2D eigenvalue weighted by molar-refractivity contribution is 6.03. The first kappa shape index (κ1) is 24.1. The molecule has 3 rings (SSSR count). The fourth-order valence-electron chi connectivity index (χ4n) is 2.98. The van der Waals surface area contributed by atoms with E-state index < -0.39 is 0 Å². The van der Waals surface area contributed by atoms with Crippen LogP contribution in [0.25, 0.3) is 10.8 Å². The number of phenols is 1. The third-order valence-electron chi connectivity index (χ3n) is 4.34. The number of aromatic hydroxyl groups is 1. The van der Waals surface area contributed by atoms with Crippen molar-refractivity contribution in [2.45, 2.75) is 41.0 Å². The number of rotatable bonds is 3. The predicted octanol–water partition coefficient (Wildman–Crippen LogP) is 6.58. The fourth-order valence-corrected chi connectivity index (χ4v) is 2.98. The first-order valence-electron chi connectivity index (χ1n) is 10.0. The van der Waals surface area contributed by atoms with E-state index in [0.29, 0.717) is 16.8 Å². The molecule has 29 heavy (non-hydrogen) atoms. The van der Waals surface area contributed by atoms with Crippen LogP contribution in [0.2, 0.25) is 0 Å². The van der Waals surface area contributed by atoms with Crippen LogP contribution in [0.3, 0.4) is 0 Å². The number of nitrogens with zero attached hydrogens (tertiary/aromatic N) is 2. The molecule has 0 spiro atoms. The number of hydrogen-bond acceptors (Lipinski definition) is 5. The van der Waals surface area contributed by atoms with Crippen molar-refractivity contribution in [3.63, 3.8) is 0 Å². The molecule has 0 aliphatic rings. The van der Waals surface area contributed by atoms with E-state index in [4.69, 9.17) is 5.73 Å². The van der Waals surface area contributed by atoms with E-state index >= 15 is 0 Å². The largest absolute Gasteiger partial charge is 0.507 e. The summed E-state index contributed by atoms with van der Waals surface area (Å²) in [5.41, 5.74) is 10.9. The molecule has 0 saturated carbocycles. The number of nitrogen functional groups attached to an aromatic ring is 1. The second kappa shape index (κ2) is 11.8. The average molecular weight is 395 g/mol. The Morgan fingerprint density at radius 2 is 1.59 bits per heavy atom. The van der Waals surface area contributed by atoms with Gasteiger partial charge in [0.1, 0.15) is 11.4 Å². The smallest absolute Gasteiger partial charge is 0.129 e. The number of benzene rings is 3. The van der Waals surface area contributed by atoms with Gasteiger partial charge < -0.3 is 16.2 Å².